The Morgan fingerprint density at radius 3 is 2.81 bits per heavy atom. The summed E-state index contributed by atoms with van der Waals surface area (Å²) in [6.07, 6.45) is 1.11. The minimum atomic E-state index is -2.91. The number of hydrogen-bond donors (Lipinski definition) is 0. The largest absolute Gasteiger partial charge is 0.312 e. The minimum Gasteiger partial charge on any atom is -0.312 e. The lowest BCUT2D eigenvalue weighted by Crippen LogP contribution is -2.48. The van der Waals surface area contributed by atoms with Gasteiger partial charge in [0.05, 0.1) is 5.75 Å². The SMILES string of the molecule is CCS(=O)(=O)CCN1C[C@@H]2C[C@H](C1)c1cccc(=O)n1C2. The van der Waals surface area contributed by atoms with Crippen molar-refractivity contribution in [3.8, 4) is 0 Å². The topological polar surface area (TPSA) is 59.4 Å². The van der Waals surface area contributed by atoms with Crippen molar-refractivity contribution in [1.29, 1.82) is 0 Å². The van der Waals surface area contributed by atoms with Crippen molar-refractivity contribution in [3.05, 3.63) is 34.2 Å². The fourth-order valence-electron chi connectivity index (χ4n) is 3.59. The standard InChI is InChI=1S/C15H22N2O3S/c1-2-21(19,20)7-6-16-9-12-8-13(11-16)14-4-3-5-15(18)17(14)10-12/h3-5,12-13H,2,6-11H2,1H3/t12-,13+/m0/s1. The van der Waals surface area contributed by atoms with E-state index in [4.69, 9.17) is 0 Å². The van der Waals surface area contributed by atoms with Crippen LogP contribution >= 0.6 is 0 Å². The Hall–Kier alpha value is -1.14. The molecule has 0 aliphatic carbocycles. The van der Waals surface area contributed by atoms with E-state index in [9.17, 15) is 13.2 Å². The first-order chi connectivity index (χ1) is 9.98. The summed E-state index contributed by atoms with van der Waals surface area (Å²) in [6.45, 7) is 4.83. The lowest BCUT2D eigenvalue weighted by Gasteiger charge is -2.42. The van der Waals surface area contributed by atoms with Crippen molar-refractivity contribution in [2.45, 2.75) is 25.8 Å². The molecule has 1 aromatic heterocycles. The van der Waals surface area contributed by atoms with Gasteiger partial charge in [-0.25, -0.2) is 8.42 Å². The van der Waals surface area contributed by atoms with Crippen LogP contribution < -0.4 is 5.56 Å². The Bertz CT molecular complexity index is 680. The van der Waals surface area contributed by atoms with E-state index in [1.807, 2.05) is 16.7 Å². The second kappa shape index (κ2) is 5.57. The Balaban J connectivity index is 1.75. The molecule has 0 unspecified atom stereocenters. The van der Waals surface area contributed by atoms with Crippen LogP contribution in [-0.4, -0.2) is 49.0 Å². The lowest BCUT2D eigenvalue weighted by molar-refractivity contribution is 0.126. The lowest BCUT2D eigenvalue weighted by atomic mass is 9.83. The Morgan fingerprint density at radius 2 is 2.05 bits per heavy atom. The van der Waals surface area contributed by atoms with Gasteiger partial charge >= 0.3 is 0 Å². The van der Waals surface area contributed by atoms with Crippen molar-refractivity contribution in [2.24, 2.45) is 5.92 Å². The third-order valence-corrected chi connectivity index (χ3v) is 6.40. The van der Waals surface area contributed by atoms with Crippen LogP contribution in [0.15, 0.2) is 23.0 Å². The van der Waals surface area contributed by atoms with Gasteiger partial charge in [0.25, 0.3) is 5.56 Å². The van der Waals surface area contributed by atoms with E-state index in [1.54, 1.807) is 13.0 Å². The van der Waals surface area contributed by atoms with Crippen molar-refractivity contribution in [2.75, 3.05) is 31.1 Å². The van der Waals surface area contributed by atoms with Gasteiger partial charge in [-0.05, 0) is 18.4 Å². The zero-order valence-electron chi connectivity index (χ0n) is 12.4. The highest BCUT2D eigenvalue weighted by molar-refractivity contribution is 7.91. The Labute approximate surface area is 125 Å². The van der Waals surface area contributed by atoms with Crippen LogP contribution in [0.4, 0.5) is 0 Å². The molecule has 6 heteroatoms. The van der Waals surface area contributed by atoms with Gasteiger partial charge in [0.15, 0.2) is 9.84 Å². The first-order valence-electron chi connectivity index (χ1n) is 7.61. The van der Waals surface area contributed by atoms with Crippen molar-refractivity contribution >= 4 is 9.84 Å². The smallest absolute Gasteiger partial charge is 0.250 e. The van der Waals surface area contributed by atoms with Crippen LogP contribution in [0.3, 0.4) is 0 Å². The molecule has 1 fully saturated rings. The van der Waals surface area contributed by atoms with Crippen LogP contribution in [0.25, 0.3) is 0 Å². The van der Waals surface area contributed by atoms with Gasteiger partial charge in [0.1, 0.15) is 0 Å². The number of hydrogen-bond acceptors (Lipinski definition) is 4. The predicted molar refractivity (Wildman–Crippen MR) is 82.3 cm³/mol. The molecule has 3 heterocycles. The molecule has 0 N–H and O–H groups in total. The van der Waals surface area contributed by atoms with Gasteiger partial charge in [-0.1, -0.05) is 13.0 Å². The van der Waals surface area contributed by atoms with Gasteiger partial charge in [0, 0.05) is 49.6 Å². The van der Waals surface area contributed by atoms with Crippen molar-refractivity contribution < 1.29 is 8.42 Å². The highest BCUT2D eigenvalue weighted by Gasteiger charge is 2.34. The molecule has 2 aliphatic rings. The van der Waals surface area contributed by atoms with E-state index in [1.165, 1.54) is 0 Å². The first-order valence-corrected chi connectivity index (χ1v) is 9.43. The highest BCUT2D eigenvalue weighted by atomic mass is 32.2. The second-order valence-corrected chi connectivity index (χ2v) is 8.67. The maximum atomic E-state index is 11.9. The maximum Gasteiger partial charge on any atom is 0.250 e. The van der Waals surface area contributed by atoms with Crippen LogP contribution in [0, 0.1) is 5.92 Å². The molecule has 21 heavy (non-hydrogen) atoms. The number of piperidine rings is 1. The van der Waals surface area contributed by atoms with E-state index < -0.39 is 9.84 Å². The third-order valence-electron chi connectivity index (χ3n) is 4.71. The first kappa shape index (κ1) is 14.8. The van der Waals surface area contributed by atoms with Crippen LogP contribution in [-0.2, 0) is 16.4 Å². The average Bonchev–Trinajstić information content (AvgIpc) is 2.46. The zero-order chi connectivity index (χ0) is 15.0. The molecule has 3 rings (SSSR count). The van der Waals surface area contributed by atoms with E-state index in [0.29, 0.717) is 18.4 Å². The summed E-state index contributed by atoms with van der Waals surface area (Å²) < 4.78 is 25.2. The van der Waals surface area contributed by atoms with Crippen LogP contribution in [0.1, 0.15) is 25.0 Å². The number of nitrogens with zero attached hydrogens (tertiary/aromatic N) is 2. The number of rotatable bonds is 4. The van der Waals surface area contributed by atoms with Gasteiger partial charge in [-0.3, -0.25) is 4.79 Å². The molecule has 5 nitrogen and oxygen atoms in total. The maximum absolute atomic E-state index is 11.9. The molecule has 1 aromatic rings. The van der Waals surface area contributed by atoms with E-state index in [-0.39, 0.29) is 17.1 Å². The van der Waals surface area contributed by atoms with Gasteiger partial charge in [-0.15, -0.1) is 0 Å². The quantitative estimate of drug-likeness (QED) is 0.821. The summed E-state index contributed by atoms with van der Waals surface area (Å²) in [6, 6.07) is 5.49. The zero-order valence-corrected chi connectivity index (χ0v) is 13.2. The summed E-state index contributed by atoms with van der Waals surface area (Å²) >= 11 is 0. The Morgan fingerprint density at radius 1 is 1.24 bits per heavy atom. The average molecular weight is 310 g/mol. The van der Waals surface area contributed by atoms with Crippen molar-refractivity contribution in [1.82, 2.24) is 9.47 Å². The molecule has 2 aliphatic heterocycles. The molecule has 2 bridgehead atoms. The number of fused-ring (bicyclic) bond motifs is 4. The highest BCUT2D eigenvalue weighted by Crippen LogP contribution is 2.34. The molecular formula is C15H22N2O3S. The minimum absolute atomic E-state index is 0.0872. The number of pyridine rings is 1. The van der Waals surface area contributed by atoms with Gasteiger partial charge < -0.3 is 9.47 Å². The summed E-state index contributed by atoms with van der Waals surface area (Å²) in [5.74, 6) is 1.27. The molecule has 116 valence electrons. The molecule has 1 saturated heterocycles. The summed E-state index contributed by atoms with van der Waals surface area (Å²) in [5.41, 5.74) is 1.20. The van der Waals surface area contributed by atoms with Gasteiger partial charge in [-0.2, -0.15) is 0 Å². The normalized spacial score (nSPS) is 25.6. The molecule has 0 saturated carbocycles. The number of aromatic nitrogens is 1. The molecule has 0 aromatic carbocycles. The van der Waals surface area contributed by atoms with Crippen LogP contribution in [0.5, 0.6) is 0 Å². The second-order valence-electron chi connectivity index (χ2n) is 6.19. The van der Waals surface area contributed by atoms with E-state index in [2.05, 4.69) is 4.90 Å². The summed E-state index contributed by atoms with van der Waals surface area (Å²) in [4.78, 5) is 14.2. The molecule has 2 atom stereocenters. The predicted octanol–water partition coefficient (Wildman–Crippen LogP) is 0.702. The third kappa shape index (κ3) is 3.06. The van der Waals surface area contributed by atoms with Crippen molar-refractivity contribution in [3.63, 3.8) is 0 Å². The molecular weight excluding hydrogens is 288 g/mol. The fourth-order valence-corrected chi connectivity index (χ4v) is 4.42. The molecule has 0 amide bonds. The molecule has 0 radical (unpaired) electrons. The monoisotopic (exact) mass is 310 g/mol. The summed E-state index contributed by atoms with van der Waals surface area (Å²) in [7, 11) is -2.91. The van der Waals surface area contributed by atoms with Gasteiger partial charge in [0.2, 0.25) is 0 Å². The Kier molecular flexibility index (Phi) is 3.92. The number of likely N-dealkylation sites (tertiary alicyclic amines) is 1. The van der Waals surface area contributed by atoms with Crippen LogP contribution in [0.2, 0.25) is 0 Å². The fraction of sp³-hybridized carbons (Fsp3) is 0.667. The van der Waals surface area contributed by atoms with E-state index >= 15 is 0 Å². The van der Waals surface area contributed by atoms with E-state index in [0.717, 1.165) is 31.7 Å². The molecule has 0 spiro atoms. The number of sulfone groups is 1. The summed E-state index contributed by atoms with van der Waals surface area (Å²) in [5, 5.41) is 0.